The first-order valence-electron chi connectivity index (χ1n) is 5.82. The first kappa shape index (κ1) is 14.3. The van der Waals surface area contributed by atoms with Gasteiger partial charge in [-0.1, -0.05) is 12.1 Å². The minimum Gasteiger partial charge on any atom is -0.438 e. The van der Waals surface area contributed by atoms with Crippen LogP contribution in [0.25, 0.3) is 0 Å². The Hall–Kier alpha value is -2.08. The van der Waals surface area contributed by atoms with Crippen LogP contribution in [0.4, 0.5) is 13.2 Å². The highest BCUT2D eigenvalue weighted by atomic mass is 19.4. The highest BCUT2D eigenvalue weighted by Gasteiger charge is 2.34. The van der Waals surface area contributed by atoms with Crippen molar-refractivity contribution in [2.24, 2.45) is 0 Å². The molecule has 0 unspecified atom stereocenters. The van der Waals surface area contributed by atoms with E-state index in [0.717, 1.165) is 6.07 Å². The molecule has 0 spiro atoms. The van der Waals surface area contributed by atoms with Crippen molar-refractivity contribution in [3.05, 3.63) is 53.2 Å². The molecule has 3 nitrogen and oxygen atoms in total. The first-order chi connectivity index (χ1) is 9.41. The molecule has 1 heterocycles. The number of rotatable bonds is 3. The zero-order chi connectivity index (χ0) is 14.8. The summed E-state index contributed by atoms with van der Waals surface area (Å²) in [5, 5.41) is 8.96. The Morgan fingerprint density at radius 2 is 1.95 bits per heavy atom. The molecule has 2 aromatic rings. The largest absolute Gasteiger partial charge is 0.438 e. The summed E-state index contributed by atoms with van der Waals surface area (Å²) in [6, 6.07) is 6.56. The van der Waals surface area contributed by atoms with Crippen LogP contribution in [-0.4, -0.2) is 10.1 Å². The number of alkyl halides is 3. The number of halogens is 3. The number of nitrogens with zero attached hydrogens (tertiary/aromatic N) is 1. The van der Waals surface area contributed by atoms with E-state index in [9.17, 15) is 13.2 Å². The zero-order valence-electron chi connectivity index (χ0n) is 10.6. The molecule has 6 heteroatoms. The van der Waals surface area contributed by atoms with Gasteiger partial charge in [-0.25, -0.2) is 4.98 Å². The number of benzene rings is 1. The number of para-hydroxylation sites is 1. The predicted octanol–water partition coefficient (Wildman–Crippen LogP) is 3.69. The molecule has 0 aliphatic heterocycles. The van der Waals surface area contributed by atoms with Crippen LogP contribution in [0.2, 0.25) is 0 Å². The Morgan fingerprint density at radius 1 is 1.25 bits per heavy atom. The third-order valence-electron chi connectivity index (χ3n) is 2.67. The van der Waals surface area contributed by atoms with Crippen molar-refractivity contribution in [2.75, 3.05) is 0 Å². The SMILES string of the molecule is Cc1cc(CO)cnc1Oc1ccccc1C(F)(F)F. The smallest absolute Gasteiger partial charge is 0.419 e. The van der Waals surface area contributed by atoms with E-state index >= 15 is 0 Å². The van der Waals surface area contributed by atoms with Crippen LogP contribution in [0.3, 0.4) is 0 Å². The fourth-order valence-corrected chi connectivity index (χ4v) is 1.71. The van der Waals surface area contributed by atoms with Gasteiger partial charge in [0, 0.05) is 11.8 Å². The van der Waals surface area contributed by atoms with Crippen molar-refractivity contribution < 1.29 is 23.0 Å². The van der Waals surface area contributed by atoms with E-state index in [1.807, 2.05) is 0 Å². The maximum atomic E-state index is 12.8. The molecule has 1 aromatic heterocycles. The fourth-order valence-electron chi connectivity index (χ4n) is 1.71. The van der Waals surface area contributed by atoms with Gasteiger partial charge in [-0.2, -0.15) is 13.2 Å². The second kappa shape index (κ2) is 5.50. The van der Waals surface area contributed by atoms with Gasteiger partial charge in [0.05, 0.1) is 12.2 Å². The first-order valence-corrected chi connectivity index (χ1v) is 5.82. The lowest BCUT2D eigenvalue weighted by atomic mass is 10.2. The van der Waals surface area contributed by atoms with Crippen LogP contribution in [0, 0.1) is 6.92 Å². The van der Waals surface area contributed by atoms with Crippen LogP contribution in [0.5, 0.6) is 11.6 Å². The minimum atomic E-state index is -4.49. The van der Waals surface area contributed by atoms with Gasteiger partial charge >= 0.3 is 6.18 Å². The zero-order valence-corrected chi connectivity index (χ0v) is 10.6. The van der Waals surface area contributed by atoms with E-state index in [2.05, 4.69) is 4.98 Å². The predicted molar refractivity (Wildman–Crippen MR) is 66.4 cm³/mol. The molecule has 0 aliphatic carbocycles. The van der Waals surface area contributed by atoms with E-state index in [-0.39, 0.29) is 18.2 Å². The second-order valence-corrected chi connectivity index (χ2v) is 4.22. The molecule has 0 amide bonds. The Bertz CT molecular complexity index is 612. The van der Waals surface area contributed by atoms with Crippen molar-refractivity contribution in [1.82, 2.24) is 4.98 Å². The molecule has 20 heavy (non-hydrogen) atoms. The quantitative estimate of drug-likeness (QED) is 0.934. The van der Waals surface area contributed by atoms with E-state index in [1.54, 1.807) is 13.0 Å². The van der Waals surface area contributed by atoms with Crippen LogP contribution >= 0.6 is 0 Å². The van der Waals surface area contributed by atoms with E-state index < -0.39 is 11.7 Å². The summed E-state index contributed by atoms with van der Waals surface area (Å²) in [5.74, 6) is -0.216. The van der Waals surface area contributed by atoms with E-state index in [1.165, 1.54) is 24.4 Å². The normalized spacial score (nSPS) is 11.4. The average Bonchev–Trinajstić information content (AvgIpc) is 2.40. The number of pyridine rings is 1. The monoisotopic (exact) mass is 283 g/mol. The van der Waals surface area contributed by atoms with Gasteiger partial charge in [0.25, 0.3) is 0 Å². The highest BCUT2D eigenvalue weighted by molar-refractivity contribution is 5.40. The third kappa shape index (κ3) is 3.08. The van der Waals surface area contributed by atoms with E-state index in [4.69, 9.17) is 9.84 Å². The molecule has 0 bridgehead atoms. The lowest BCUT2D eigenvalue weighted by Gasteiger charge is -2.14. The van der Waals surface area contributed by atoms with Crippen LogP contribution < -0.4 is 4.74 Å². The van der Waals surface area contributed by atoms with Crippen molar-refractivity contribution in [2.45, 2.75) is 19.7 Å². The lowest BCUT2D eigenvalue weighted by molar-refractivity contribution is -0.138. The van der Waals surface area contributed by atoms with Gasteiger partial charge in [0.15, 0.2) is 0 Å². The maximum Gasteiger partial charge on any atom is 0.419 e. The molecule has 2 rings (SSSR count). The molecule has 0 saturated carbocycles. The topological polar surface area (TPSA) is 42.4 Å². The molecule has 106 valence electrons. The Kier molecular flexibility index (Phi) is 3.94. The Balaban J connectivity index is 2.36. The number of aromatic nitrogens is 1. The number of aliphatic hydroxyl groups excluding tert-OH is 1. The lowest BCUT2D eigenvalue weighted by Crippen LogP contribution is -2.07. The van der Waals surface area contributed by atoms with E-state index in [0.29, 0.717) is 11.1 Å². The van der Waals surface area contributed by atoms with Gasteiger partial charge < -0.3 is 9.84 Å². The Labute approximate surface area is 113 Å². The third-order valence-corrected chi connectivity index (χ3v) is 2.67. The summed E-state index contributed by atoms with van der Waals surface area (Å²) >= 11 is 0. The second-order valence-electron chi connectivity index (χ2n) is 4.22. The van der Waals surface area contributed by atoms with Gasteiger partial charge in [-0.3, -0.25) is 0 Å². The molecular weight excluding hydrogens is 271 g/mol. The molecule has 0 saturated heterocycles. The molecule has 0 atom stereocenters. The maximum absolute atomic E-state index is 12.8. The van der Waals surface area contributed by atoms with Gasteiger partial charge in [0.1, 0.15) is 5.75 Å². The number of aliphatic hydroxyl groups is 1. The molecule has 1 aromatic carbocycles. The van der Waals surface area contributed by atoms with Crippen molar-refractivity contribution in [3.8, 4) is 11.6 Å². The minimum absolute atomic E-state index is 0.0823. The highest BCUT2D eigenvalue weighted by Crippen LogP contribution is 2.37. The number of hydrogen-bond donors (Lipinski definition) is 1. The number of hydrogen-bond acceptors (Lipinski definition) is 3. The summed E-state index contributed by atoms with van der Waals surface area (Å²) < 4.78 is 43.8. The van der Waals surface area contributed by atoms with Crippen molar-refractivity contribution >= 4 is 0 Å². The van der Waals surface area contributed by atoms with Crippen LogP contribution in [0.15, 0.2) is 36.5 Å². The fraction of sp³-hybridized carbons (Fsp3) is 0.214. The summed E-state index contributed by atoms with van der Waals surface area (Å²) in [6.07, 6.45) is -3.13. The van der Waals surface area contributed by atoms with Crippen molar-refractivity contribution in [3.63, 3.8) is 0 Å². The summed E-state index contributed by atoms with van der Waals surface area (Å²) in [7, 11) is 0. The van der Waals surface area contributed by atoms with Gasteiger partial charge in [-0.05, 0) is 30.7 Å². The summed E-state index contributed by atoms with van der Waals surface area (Å²) in [4.78, 5) is 3.92. The number of ether oxygens (including phenoxy) is 1. The average molecular weight is 283 g/mol. The summed E-state index contributed by atoms with van der Waals surface area (Å²) in [5.41, 5.74) is 0.264. The molecule has 1 N–H and O–H groups in total. The molecular formula is C14H12F3NO2. The van der Waals surface area contributed by atoms with Crippen molar-refractivity contribution in [1.29, 1.82) is 0 Å². The molecule has 0 radical (unpaired) electrons. The van der Waals surface area contributed by atoms with Gasteiger partial charge in [0.2, 0.25) is 5.88 Å². The molecule has 0 aliphatic rings. The van der Waals surface area contributed by atoms with Crippen LogP contribution in [-0.2, 0) is 12.8 Å². The summed E-state index contributed by atoms with van der Waals surface area (Å²) in [6.45, 7) is 1.46. The number of aryl methyl sites for hydroxylation is 1. The standard InChI is InChI=1S/C14H12F3NO2/c1-9-6-10(8-19)7-18-13(9)20-12-5-3-2-4-11(12)14(15,16)17/h2-7,19H,8H2,1H3. The molecule has 0 fully saturated rings. The van der Waals surface area contributed by atoms with Gasteiger partial charge in [-0.15, -0.1) is 0 Å². The van der Waals surface area contributed by atoms with Crippen LogP contribution in [0.1, 0.15) is 16.7 Å². The Morgan fingerprint density at radius 3 is 2.55 bits per heavy atom.